The molecule has 24 heavy (non-hydrogen) atoms. The Morgan fingerprint density at radius 1 is 1.33 bits per heavy atom. The number of anilines is 1. The number of hydroxylamine groups is 2. The van der Waals surface area contributed by atoms with Gasteiger partial charge < -0.3 is 15.3 Å². The molecule has 0 saturated heterocycles. The molecule has 1 aromatic carbocycles. The third kappa shape index (κ3) is 3.79. The van der Waals surface area contributed by atoms with E-state index in [-0.39, 0.29) is 6.61 Å². The second-order valence-electron chi connectivity index (χ2n) is 6.35. The molecule has 0 fully saturated rings. The zero-order valence-corrected chi connectivity index (χ0v) is 14.7. The Hall–Kier alpha value is -2.70. The molecule has 1 amide bonds. The maximum Gasteiger partial charge on any atom is 0.443 e. The van der Waals surface area contributed by atoms with Gasteiger partial charge in [-0.3, -0.25) is 4.68 Å². The van der Waals surface area contributed by atoms with Gasteiger partial charge >= 0.3 is 6.09 Å². The average Bonchev–Trinajstić information content (AvgIpc) is 2.90. The molecule has 0 aliphatic heterocycles. The molecule has 2 rings (SSSR count). The molecule has 1 heterocycles. The third-order valence-electron chi connectivity index (χ3n) is 3.33. The van der Waals surface area contributed by atoms with E-state index in [9.17, 15) is 4.79 Å². The summed E-state index contributed by atoms with van der Waals surface area (Å²) in [5.41, 5.74) is 7.50. The van der Waals surface area contributed by atoms with Crippen molar-refractivity contribution in [2.24, 2.45) is 7.05 Å². The zero-order valence-electron chi connectivity index (χ0n) is 14.7. The SMILES string of the molecule is CCOC(=O)N(Oc1ccc(N)cc1-c1ccnn1C)C(C)(C)C. The molecule has 0 aliphatic carbocycles. The van der Waals surface area contributed by atoms with Gasteiger partial charge in [-0.1, -0.05) is 0 Å². The fourth-order valence-electron chi connectivity index (χ4n) is 2.19. The van der Waals surface area contributed by atoms with Crippen LogP contribution in [-0.4, -0.2) is 33.1 Å². The first kappa shape index (κ1) is 17.7. The van der Waals surface area contributed by atoms with E-state index < -0.39 is 11.6 Å². The number of nitrogen functional groups attached to an aromatic ring is 1. The summed E-state index contributed by atoms with van der Waals surface area (Å²) in [6.45, 7) is 7.62. The number of carbonyl (C=O) groups is 1. The van der Waals surface area contributed by atoms with Gasteiger partial charge in [-0.2, -0.15) is 5.10 Å². The maximum absolute atomic E-state index is 12.3. The standard InChI is InChI=1S/C17H24N4O3/c1-6-23-16(22)21(17(2,3)4)24-15-8-7-12(18)11-13(15)14-9-10-19-20(14)5/h7-11H,6,18H2,1-5H3. The van der Waals surface area contributed by atoms with Crippen molar-refractivity contribution in [3.8, 4) is 17.0 Å². The highest BCUT2D eigenvalue weighted by Crippen LogP contribution is 2.33. The predicted molar refractivity (Wildman–Crippen MR) is 92.3 cm³/mol. The van der Waals surface area contributed by atoms with Crippen LogP contribution in [0.15, 0.2) is 30.5 Å². The minimum Gasteiger partial charge on any atom is -0.448 e. The van der Waals surface area contributed by atoms with E-state index in [1.165, 1.54) is 5.06 Å². The van der Waals surface area contributed by atoms with Crippen molar-refractivity contribution in [3.05, 3.63) is 30.5 Å². The van der Waals surface area contributed by atoms with E-state index in [2.05, 4.69) is 5.10 Å². The van der Waals surface area contributed by atoms with E-state index in [1.54, 1.807) is 36.0 Å². The van der Waals surface area contributed by atoms with E-state index in [0.29, 0.717) is 11.4 Å². The third-order valence-corrected chi connectivity index (χ3v) is 3.33. The Balaban J connectivity index is 2.44. The van der Waals surface area contributed by atoms with Gasteiger partial charge in [0.1, 0.15) is 0 Å². The molecule has 0 saturated carbocycles. The fourth-order valence-corrected chi connectivity index (χ4v) is 2.19. The number of amides is 1. The minimum atomic E-state index is -0.586. The molecule has 0 spiro atoms. The molecule has 7 heteroatoms. The molecule has 2 N–H and O–H groups in total. The van der Waals surface area contributed by atoms with Crippen LogP contribution < -0.4 is 10.6 Å². The first-order chi connectivity index (χ1) is 11.2. The summed E-state index contributed by atoms with van der Waals surface area (Å²) < 4.78 is 6.82. The monoisotopic (exact) mass is 332 g/mol. The highest BCUT2D eigenvalue weighted by molar-refractivity contribution is 5.72. The molecule has 1 aromatic heterocycles. The average molecular weight is 332 g/mol. The molecular weight excluding hydrogens is 308 g/mol. The smallest absolute Gasteiger partial charge is 0.443 e. The molecule has 2 aromatic rings. The van der Waals surface area contributed by atoms with Crippen LogP contribution >= 0.6 is 0 Å². The van der Waals surface area contributed by atoms with E-state index in [1.807, 2.05) is 33.9 Å². The Kier molecular flexibility index (Phi) is 5.02. The summed E-state index contributed by atoms with van der Waals surface area (Å²) in [5.74, 6) is 0.496. The number of hydrogen-bond acceptors (Lipinski definition) is 5. The van der Waals surface area contributed by atoms with E-state index in [0.717, 1.165) is 11.3 Å². The van der Waals surface area contributed by atoms with Crippen LogP contribution in [0.1, 0.15) is 27.7 Å². The molecule has 0 aliphatic rings. The van der Waals surface area contributed by atoms with Crippen molar-refractivity contribution < 1.29 is 14.4 Å². The molecular formula is C17H24N4O3. The Morgan fingerprint density at radius 3 is 2.58 bits per heavy atom. The summed E-state index contributed by atoms with van der Waals surface area (Å²) in [6, 6.07) is 7.10. The number of nitrogens with zero attached hydrogens (tertiary/aromatic N) is 3. The van der Waals surface area contributed by atoms with Crippen LogP contribution in [0.3, 0.4) is 0 Å². The number of rotatable bonds is 4. The van der Waals surface area contributed by atoms with Crippen molar-refractivity contribution in [1.29, 1.82) is 0 Å². The molecule has 0 radical (unpaired) electrons. The summed E-state index contributed by atoms with van der Waals surface area (Å²) in [7, 11) is 1.83. The van der Waals surface area contributed by atoms with Crippen LogP contribution in [0.5, 0.6) is 5.75 Å². The van der Waals surface area contributed by atoms with Crippen LogP contribution in [0.4, 0.5) is 10.5 Å². The van der Waals surface area contributed by atoms with Crippen molar-refractivity contribution >= 4 is 11.8 Å². The first-order valence-corrected chi connectivity index (χ1v) is 7.77. The van der Waals surface area contributed by atoms with Gasteiger partial charge in [0.05, 0.1) is 17.8 Å². The summed E-state index contributed by atoms with van der Waals surface area (Å²) in [4.78, 5) is 18.2. The number of nitrogens with two attached hydrogens (primary N) is 1. The fraction of sp³-hybridized carbons (Fsp3) is 0.412. The highest BCUT2D eigenvalue weighted by atomic mass is 16.7. The maximum atomic E-state index is 12.3. The van der Waals surface area contributed by atoms with Gasteiger partial charge in [-0.15, -0.1) is 5.06 Å². The van der Waals surface area contributed by atoms with Gasteiger partial charge in [0.15, 0.2) is 5.75 Å². The van der Waals surface area contributed by atoms with Crippen LogP contribution in [0, 0.1) is 0 Å². The Morgan fingerprint density at radius 2 is 2.04 bits per heavy atom. The summed E-state index contributed by atoms with van der Waals surface area (Å²) in [6.07, 6.45) is 1.15. The molecule has 0 atom stereocenters. The number of aromatic nitrogens is 2. The van der Waals surface area contributed by atoms with Crippen LogP contribution in [0.25, 0.3) is 11.3 Å². The highest BCUT2D eigenvalue weighted by Gasteiger charge is 2.31. The Labute approximate surface area is 141 Å². The van der Waals surface area contributed by atoms with Crippen LogP contribution in [0.2, 0.25) is 0 Å². The lowest BCUT2D eigenvalue weighted by molar-refractivity contribution is -0.103. The number of ether oxygens (including phenoxy) is 1. The normalized spacial score (nSPS) is 11.2. The summed E-state index contributed by atoms with van der Waals surface area (Å²) >= 11 is 0. The van der Waals surface area contributed by atoms with Crippen molar-refractivity contribution in [2.75, 3.05) is 12.3 Å². The number of aryl methyl sites for hydroxylation is 1. The van der Waals surface area contributed by atoms with Crippen molar-refractivity contribution in [1.82, 2.24) is 14.8 Å². The molecule has 0 unspecified atom stereocenters. The van der Waals surface area contributed by atoms with Gasteiger partial charge in [0, 0.05) is 24.5 Å². The van der Waals surface area contributed by atoms with Crippen molar-refractivity contribution in [2.45, 2.75) is 33.2 Å². The zero-order chi connectivity index (χ0) is 17.9. The first-order valence-electron chi connectivity index (χ1n) is 7.77. The minimum absolute atomic E-state index is 0.269. The molecule has 0 bridgehead atoms. The lowest BCUT2D eigenvalue weighted by Crippen LogP contribution is -2.48. The Bertz CT molecular complexity index is 719. The summed E-state index contributed by atoms with van der Waals surface area (Å²) in [5, 5.41) is 5.40. The quantitative estimate of drug-likeness (QED) is 0.686. The second kappa shape index (κ2) is 6.82. The van der Waals surface area contributed by atoms with Gasteiger partial charge in [0.25, 0.3) is 0 Å². The largest absolute Gasteiger partial charge is 0.448 e. The van der Waals surface area contributed by atoms with E-state index >= 15 is 0 Å². The predicted octanol–water partition coefficient (Wildman–Crippen LogP) is 3.22. The second-order valence-corrected chi connectivity index (χ2v) is 6.35. The van der Waals surface area contributed by atoms with Crippen molar-refractivity contribution in [3.63, 3.8) is 0 Å². The number of hydrogen-bond donors (Lipinski definition) is 1. The number of carbonyl (C=O) groups excluding carboxylic acids is 1. The van der Waals surface area contributed by atoms with Gasteiger partial charge in [0.2, 0.25) is 0 Å². The topological polar surface area (TPSA) is 82.6 Å². The van der Waals surface area contributed by atoms with Gasteiger partial charge in [-0.05, 0) is 52.0 Å². The molecule has 7 nitrogen and oxygen atoms in total. The lowest BCUT2D eigenvalue weighted by Gasteiger charge is -2.33. The lowest BCUT2D eigenvalue weighted by atomic mass is 10.1. The molecule has 130 valence electrons. The van der Waals surface area contributed by atoms with Gasteiger partial charge in [-0.25, -0.2) is 4.79 Å². The number of benzene rings is 1. The van der Waals surface area contributed by atoms with Crippen LogP contribution in [-0.2, 0) is 11.8 Å². The van der Waals surface area contributed by atoms with E-state index in [4.69, 9.17) is 15.3 Å².